The van der Waals surface area contributed by atoms with Crippen LogP contribution in [0.2, 0.25) is 5.02 Å². The van der Waals surface area contributed by atoms with Gasteiger partial charge in [-0.25, -0.2) is 18.6 Å². The molecule has 2 amide bonds. The Kier molecular flexibility index (Phi) is 4.84. The van der Waals surface area contributed by atoms with E-state index in [-0.39, 0.29) is 11.5 Å². The number of benzene rings is 2. The van der Waals surface area contributed by atoms with Gasteiger partial charge in [-0.1, -0.05) is 29.0 Å². The highest BCUT2D eigenvalue weighted by Gasteiger charge is 2.24. The third-order valence-electron chi connectivity index (χ3n) is 4.32. The molecule has 3 aromatic rings. The second-order valence-corrected chi connectivity index (χ2v) is 7.59. The van der Waals surface area contributed by atoms with Crippen molar-refractivity contribution in [1.29, 1.82) is 0 Å². The molecule has 1 fully saturated rings. The van der Waals surface area contributed by atoms with E-state index in [1.165, 1.54) is 17.4 Å². The first-order valence-corrected chi connectivity index (χ1v) is 9.51. The molecule has 2 heterocycles. The molecular formula is C18H15ClF2N4OS. The Labute approximate surface area is 163 Å². The highest BCUT2D eigenvalue weighted by molar-refractivity contribution is 7.22. The van der Waals surface area contributed by atoms with Crippen LogP contribution in [0.25, 0.3) is 10.2 Å². The van der Waals surface area contributed by atoms with Crippen molar-refractivity contribution >= 4 is 50.0 Å². The summed E-state index contributed by atoms with van der Waals surface area (Å²) >= 11 is 7.17. The van der Waals surface area contributed by atoms with E-state index in [1.54, 1.807) is 29.2 Å². The van der Waals surface area contributed by atoms with E-state index in [1.807, 2.05) is 4.90 Å². The van der Waals surface area contributed by atoms with Gasteiger partial charge < -0.3 is 15.1 Å². The molecule has 0 spiro atoms. The zero-order chi connectivity index (χ0) is 19.0. The van der Waals surface area contributed by atoms with E-state index in [0.29, 0.717) is 46.7 Å². The first-order valence-electron chi connectivity index (χ1n) is 8.31. The second kappa shape index (κ2) is 7.28. The number of piperazine rings is 1. The molecule has 0 bridgehead atoms. The molecule has 1 saturated heterocycles. The van der Waals surface area contributed by atoms with E-state index in [2.05, 4.69) is 10.3 Å². The molecule has 0 saturated carbocycles. The number of fused-ring (bicyclic) bond motifs is 1. The fourth-order valence-electron chi connectivity index (χ4n) is 2.95. The minimum atomic E-state index is -0.660. The molecule has 1 aliphatic heterocycles. The summed E-state index contributed by atoms with van der Waals surface area (Å²) in [4.78, 5) is 20.4. The number of hydrogen-bond acceptors (Lipinski definition) is 4. The van der Waals surface area contributed by atoms with Crippen molar-refractivity contribution in [3.8, 4) is 0 Å². The maximum absolute atomic E-state index is 13.8. The normalized spacial score (nSPS) is 14.6. The molecule has 1 aliphatic rings. The van der Waals surface area contributed by atoms with Crippen molar-refractivity contribution < 1.29 is 13.6 Å². The smallest absolute Gasteiger partial charge is 0.321 e. The number of hydrogen-bond donors (Lipinski definition) is 1. The molecule has 1 aromatic heterocycles. The van der Waals surface area contributed by atoms with Crippen molar-refractivity contribution in [3.63, 3.8) is 0 Å². The molecule has 2 aromatic carbocycles. The van der Waals surface area contributed by atoms with Gasteiger partial charge in [-0.3, -0.25) is 0 Å². The highest BCUT2D eigenvalue weighted by Crippen LogP contribution is 2.31. The zero-order valence-electron chi connectivity index (χ0n) is 14.1. The van der Waals surface area contributed by atoms with Crippen LogP contribution in [-0.4, -0.2) is 42.1 Å². The summed E-state index contributed by atoms with van der Waals surface area (Å²) in [6.45, 7) is 2.12. The average molecular weight is 409 g/mol. The molecule has 27 heavy (non-hydrogen) atoms. The number of anilines is 2. The number of carbonyl (C=O) groups is 1. The lowest BCUT2D eigenvalue weighted by atomic mass is 10.3. The number of amides is 2. The number of urea groups is 1. The summed E-state index contributed by atoms with van der Waals surface area (Å²) in [6, 6.07) is 8.89. The van der Waals surface area contributed by atoms with Crippen LogP contribution in [0.5, 0.6) is 0 Å². The Morgan fingerprint density at radius 3 is 2.67 bits per heavy atom. The van der Waals surface area contributed by atoms with Crippen molar-refractivity contribution in [2.75, 3.05) is 36.4 Å². The van der Waals surface area contributed by atoms with Gasteiger partial charge in [0.15, 0.2) is 10.9 Å². The lowest BCUT2D eigenvalue weighted by Crippen LogP contribution is -2.50. The molecule has 140 valence electrons. The van der Waals surface area contributed by atoms with Gasteiger partial charge in [0.1, 0.15) is 11.3 Å². The predicted octanol–water partition coefficient (Wildman–Crippen LogP) is 4.58. The third kappa shape index (κ3) is 3.81. The number of nitrogens with one attached hydrogen (secondary N) is 1. The number of aromatic nitrogens is 1. The molecule has 1 N–H and O–H groups in total. The summed E-state index contributed by atoms with van der Waals surface area (Å²) in [6.07, 6.45) is 0. The summed E-state index contributed by atoms with van der Waals surface area (Å²) in [5.74, 6) is -1.27. The van der Waals surface area contributed by atoms with Gasteiger partial charge in [0.05, 0.1) is 4.70 Å². The number of rotatable bonds is 2. The standard InChI is InChI=1S/C18H15ClF2N4OS/c19-11-2-1-3-13(8-11)22-17(26)24-4-6-25(7-5-24)18-23-16-14(21)9-12(20)10-15(16)27-18/h1-3,8-10H,4-7H2,(H,22,26). The lowest BCUT2D eigenvalue weighted by molar-refractivity contribution is 0.208. The Bertz CT molecular complexity index is 1000. The van der Waals surface area contributed by atoms with Crippen LogP contribution in [0.4, 0.5) is 24.4 Å². The fourth-order valence-corrected chi connectivity index (χ4v) is 4.20. The van der Waals surface area contributed by atoms with Crippen LogP contribution in [0, 0.1) is 11.6 Å². The first kappa shape index (κ1) is 17.9. The predicted molar refractivity (Wildman–Crippen MR) is 104 cm³/mol. The summed E-state index contributed by atoms with van der Waals surface area (Å²) in [5, 5.41) is 4.00. The van der Waals surface area contributed by atoms with Crippen molar-refractivity contribution in [1.82, 2.24) is 9.88 Å². The van der Waals surface area contributed by atoms with E-state index < -0.39 is 11.6 Å². The Morgan fingerprint density at radius 2 is 1.93 bits per heavy atom. The van der Waals surface area contributed by atoms with Gasteiger partial charge in [-0.15, -0.1) is 0 Å². The Hall–Kier alpha value is -2.45. The Balaban J connectivity index is 1.41. The van der Waals surface area contributed by atoms with Gasteiger partial charge in [0.2, 0.25) is 0 Å². The van der Waals surface area contributed by atoms with Crippen molar-refractivity contribution in [2.24, 2.45) is 0 Å². The molecule has 0 unspecified atom stereocenters. The number of carbonyl (C=O) groups excluding carboxylic acids is 1. The van der Waals surface area contributed by atoms with Crippen LogP contribution in [0.1, 0.15) is 0 Å². The van der Waals surface area contributed by atoms with E-state index in [4.69, 9.17) is 11.6 Å². The third-order valence-corrected chi connectivity index (χ3v) is 5.61. The Morgan fingerprint density at radius 1 is 1.15 bits per heavy atom. The van der Waals surface area contributed by atoms with Crippen molar-refractivity contribution in [2.45, 2.75) is 0 Å². The van der Waals surface area contributed by atoms with Gasteiger partial charge in [0.25, 0.3) is 0 Å². The summed E-state index contributed by atoms with van der Waals surface area (Å²) in [7, 11) is 0. The largest absolute Gasteiger partial charge is 0.345 e. The maximum atomic E-state index is 13.8. The average Bonchev–Trinajstić information content (AvgIpc) is 3.06. The molecule has 4 rings (SSSR count). The number of halogens is 3. The molecular weight excluding hydrogens is 394 g/mol. The van der Waals surface area contributed by atoms with Gasteiger partial charge in [-0.2, -0.15) is 0 Å². The maximum Gasteiger partial charge on any atom is 0.321 e. The first-order chi connectivity index (χ1) is 13.0. The molecule has 0 aliphatic carbocycles. The van der Waals surface area contributed by atoms with Crippen LogP contribution < -0.4 is 10.2 Å². The van der Waals surface area contributed by atoms with Gasteiger partial charge in [-0.05, 0) is 24.3 Å². The van der Waals surface area contributed by atoms with E-state index >= 15 is 0 Å². The minimum Gasteiger partial charge on any atom is -0.345 e. The zero-order valence-corrected chi connectivity index (χ0v) is 15.7. The number of thiazole rings is 1. The van der Waals surface area contributed by atoms with Crippen molar-refractivity contribution in [3.05, 3.63) is 53.1 Å². The summed E-state index contributed by atoms with van der Waals surface area (Å²) in [5.41, 5.74) is 0.816. The van der Waals surface area contributed by atoms with Crippen LogP contribution >= 0.6 is 22.9 Å². The van der Waals surface area contributed by atoms with Gasteiger partial charge in [0, 0.05) is 43.0 Å². The second-order valence-electron chi connectivity index (χ2n) is 6.15. The minimum absolute atomic E-state index is 0.178. The topological polar surface area (TPSA) is 48.5 Å². The molecule has 5 nitrogen and oxygen atoms in total. The lowest BCUT2D eigenvalue weighted by Gasteiger charge is -2.34. The molecule has 0 atom stereocenters. The van der Waals surface area contributed by atoms with Gasteiger partial charge >= 0.3 is 6.03 Å². The molecule has 0 radical (unpaired) electrons. The van der Waals surface area contributed by atoms with Crippen LogP contribution in [0.3, 0.4) is 0 Å². The van der Waals surface area contributed by atoms with E-state index in [0.717, 1.165) is 6.07 Å². The fraction of sp³-hybridized carbons (Fsp3) is 0.222. The van der Waals surface area contributed by atoms with Crippen LogP contribution in [0.15, 0.2) is 36.4 Å². The highest BCUT2D eigenvalue weighted by atomic mass is 35.5. The monoisotopic (exact) mass is 408 g/mol. The SMILES string of the molecule is O=C(Nc1cccc(Cl)c1)N1CCN(c2nc3c(F)cc(F)cc3s2)CC1. The van der Waals surface area contributed by atoms with Crippen LogP contribution in [-0.2, 0) is 0 Å². The quantitative estimate of drug-likeness (QED) is 0.675. The molecule has 9 heteroatoms. The summed E-state index contributed by atoms with van der Waals surface area (Å²) < 4.78 is 27.7. The number of nitrogens with zero attached hydrogens (tertiary/aromatic N) is 3. The van der Waals surface area contributed by atoms with E-state index in [9.17, 15) is 13.6 Å².